The summed E-state index contributed by atoms with van der Waals surface area (Å²) in [6.07, 6.45) is 5.03. The lowest BCUT2D eigenvalue weighted by molar-refractivity contribution is -0.132. The average Bonchev–Trinajstić information content (AvgIpc) is 3.48. The standard InChI is InChI=1S/C21H20N2O5/c1-26-14-5-2-4-13(10-14)23-12-21-8-7-16(28-21)17(18(21)20(23)25)19(24)22-11-15-6-3-9-27-15/h2-10,16-18H,11-12H2,1H3,(H,22,24)/t16-,17-,18+,21+/m0/s1. The van der Waals surface area contributed by atoms with Crippen LogP contribution < -0.4 is 15.0 Å². The SMILES string of the molecule is COc1cccc(N2C[C@@]34C=C[C@H](O3)[C@H](C(=O)NCc3ccco3)[C@@H]4C2=O)c1. The Labute approximate surface area is 161 Å². The predicted molar refractivity (Wildman–Crippen MR) is 99.6 cm³/mol. The van der Waals surface area contributed by atoms with Crippen LogP contribution in [-0.4, -0.2) is 37.2 Å². The van der Waals surface area contributed by atoms with Crippen molar-refractivity contribution < 1.29 is 23.5 Å². The highest BCUT2D eigenvalue weighted by molar-refractivity contribution is 6.03. The zero-order valence-electron chi connectivity index (χ0n) is 15.3. The monoisotopic (exact) mass is 380 g/mol. The van der Waals surface area contributed by atoms with Gasteiger partial charge in [-0.3, -0.25) is 9.59 Å². The second kappa shape index (κ2) is 6.24. The van der Waals surface area contributed by atoms with E-state index in [0.717, 1.165) is 5.69 Å². The molecule has 1 aromatic heterocycles. The molecule has 144 valence electrons. The van der Waals surface area contributed by atoms with Crippen LogP contribution in [0.1, 0.15) is 5.76 Å². The number of nitrogens with one attached hydrogen (secondary N) is 1. The number of methoxy groups -OCH3 is 1. The summed E-state index contributed by atoms with van der Waals surface area (Å²) in [5.74, 6) is -0.0446. The molecule has 1 spiro atoms. The van der Waals surface area contributed by atoms with E-state index in [1.54, 1.807) is 30.4 Å². The van der Waals surface area contributed by atoms with Gasteiger partial charge in [0, 0.05) is 11.8 Å². The van der Waals surface area contributed by atoms with Crippen LogP contribution in [0.15, 0.2) is 59.2 Å². The molecule has 0 saturated carbocycles. The van der Waals surface area contributed by atoms with Crippen LogP contribution in [0.4, 0.5) is 5.69 Å². The predicted octanol–water partition coefficient (Wildman–Crippen LogP) is 1.89. The van der Waals surface area contributed by atoms with Crippen molar-refractivity contribution in [3.63, 3.8) is 0 Å². The van der Waals surface area contributed by atoms with Crippen molar-refractivity contribution in [2.45, 2.75) is 18.2 Å². The van der Waals surface area contributed by atoms with Crippen LogP contribution in [0, 0.1) is 11.8 Å². The minimum atomic E-state index is -0.752. The van der Waals surface area contributed by atoms with Crippen molar-refractivity contribution >= 4 is 17.5 Å². The maximum atomic E-state index is 13.3. The molecule has 2 fully saturated rings. The van der Waals surface area contributed by atoms with Gasteiger partial charge in [0.25, 0.3) is 0 Å². The second-order valence-electron chi connectivity index (χ2n) is 7.32. The number of fused-ring (bicyclic) bond motifs is 1. The largest absolute Gasteiger partial charge is 0.497 e. The summed E-state index contributed by atoms with van der Waals surface area (Å²) in [6, 6.07) is 10.9. The van der Waals surface area contributed by atoms with Crippen molar-refractivity contribution in [2.24, 2.45) is 11.8 Å². The summed E-state index contributed by atoms with van der Waals surface area (Å²) in [5.41, 5.74) is -0.0133. The Morgan fingerprint density at radius 3 is 3.04 bits per heavy atom. The van der Waals surface area contributed by atoms with Crippen LogP contribution >= 0.6 is 0 Å². The van der Waals surface area contributed by atoms with Crippen LogP contribution in [0.3, 0.4) is 0 Å². The van der Waals surface area contributed by atoms with E-state index in [0.29, 0.717) is 18.1 Å². The van der Waals surface area contributed by atoms with Crippen molar-refractivity contribution in [2.75, 3.05) is 18.6 Å². The van der Waals surface area contributed by atoms with Gasteiger partial charge in [0.05, 0.1) is 44.4 Å². The Kier molecular flexibility index (Phi) is 3.80. The molecule has 3 aliphatic heterocycles. The van der Waals surface area contributed by atoms with E-state index in [1.807, 2.05) is 36.4 Å². The fourth-order valence-electron chi connectivity index (χ4n) is 4.50. The Balaban J connectivity index is 1.40. The van der Waals surface area contributed by atoms with E-state index < -0.39 is 17.4 Å². The topological polar surface area (TPSA) is 81.0 Å². The number of hydrogen-bond acceptors (Lipinski definition) is 5. The number of rotatable bonds is 5. The fourth-order valence-corrected chi connectivity index (χ4v) is 4.50. The van der Waals surface area contributed by atoms with Gasteiger partial charge in [0.15, 0.2) is 0 Å². The van der Waals surface area contributed by atoms with E-state index in [9.17, 15) is 9.59 Å². The third-order valence-electron chi connectivity index (χ3n) is 5.79. The molecule has 5 rings (SSSR count). The molecule has 0 unspecified atom stereocenters. The van der Waals surface area contributed by atoms with Gasteiger partial charge in [-0.1, -0.05) is 18.2 Å². The smallest absolute Gasteiger partial charge is 0.234 e. The first-order valence-electron chi connectivity index (χ1n) is 9.24. The first-order valence-corrected chi connectivity index (χ1v) is 9.24. The lowest BCUT2D eigenvalue weighted by Crippen LogP contribution is -2.43. The summed E-state index contributed by atoms with van der Waals surface area (Å²) >= 11 is 0. The maximum Gasteiger partial charge on any atom is 0.234 e. The zero-order chi connectivity index (χ0) is 19.3. The van der Waals surface area contributed by atoms with Crippen LogP contribution in [0.5, 0.6) is 5.75 Å². The molecule has 2 amide bonds. The minimum absolute atomic E-state index is 0.0988. The van der Waals surface area contributed by atoms with Crippen molar-refractivity contribution in [1.82, 2.24) is 5.32 Å². The van der Waals surface area contributed by atoms with Gasteiger partial charge >= 0.3 is 0 Å². The summed E-state index contributed by atoms with van der Waals surface area (Å²) in [7, 11) is 1.59. The quantitative estimate of drug-likeness (QED) is 0.802. The van der Waals surface area contributed by atoms with Crippen LogP contribution in [0.25, 0.3) is 0 Å². The first-order chi connectivity index (χ1) is 13.6. The molecule has 0 radical (unpaired) electrons. The molecule has 4 atom stereocenters. The molecule has 3 aliphatic rings. The number of carbonyl (C=O) groups is 2. The molecule has 1 aromatic carbocycles. The Morgan fingerprint density at radius 2 is 2.25 bits per heavy atom. The minimum Gasteiger partial charge on any atom is -0.497 e. The van der Waals surface area contributed by atoms with E-state index in [-0.39, 0.29) is 24.5 Å². The number of hydrogen-bond donors (Lipinski definition) is 1. The van der Waals surface area contributed by atoms with Gasteiger partial charge in [-0.05, 0) is 24.3 Å². The van der Waals surface area contributed by atoms with E-state index in [4.69, 9.17) is 13.9 Å². The number of amides is 2. The highest BCUT2D eigenvalue weighted by Crippen LogP contribution is 2.52. The van der Waals surface area contributed by atoms with Crippen molar-refractivity contribution in [3.8, 4) is 5.75 Å². The summed E-state index contributed by atoms with van der Waals surface area (Å²) in [4.78, 5) is 27.9. The summed E-state index contributed by atoms with van der Waals surface area (Å²) < 4.78 is 16.7. The molecule has 28 heavy (non-hydrogen) atoms. The zero-order valence-corrected chi connectivity index (χ0v) is 15.3. The van der Waals surface area contributed by atoms with Crippen LogP contribution in [0.2, 0.25) is 0 Å². The van der Waals surface area contributed by atoms with Gasteiger partial charge < -0.3 is 24.1 Å². The van der Waals surface area contributed by atoms with Crippen LogP contribution in [-0.2, 0) is 20.9 Å². The first kappa shape index (κ1) is 17.1. The molecular formula is C21H20N2O5. The number of furan rings is 1. The number of nitrogens with zero attached hydrogens (tertiary/aromatic N) is 1. The lowest BCUT2D eigenvalue weighted by Gasteiger charge is -2.23. The van der Waals surface area contributed by atoms with Gasteiger partial charge in [-0.25, -0.2) is 0 Å². The number of anilines is 1. The number of benzene rings is 1. The molecule has 2 aromatic rings. The second-order valence-corrected chi connectivity index (χ2v) is 7.32. The Morgan fingerprint density at radius 1 is 1.36 bits per heavy atom. The normalized spacial score (nSPS) is 30.0. The average molecular weight is 380 g/mol. The lowest BCUT2D eigenvalue weighted by atomic mass is 9.77. The van der Waals surface area contributed by atoms with E-state index in [2.05, 4.69) is 5.32 Å². The maximum absolute atomic E-state index is 13.3. The molecule has 0 aliphatic carbocycles. The molecule has 2 saturated heterocycles. The molecule has 4 heterocycles. The van der Waals surface area contributed by atoms with E-state index >= 15 is 0 Å². The summed E-state index contributed by atoms with van der Waals surface area (Å²) in [5, 5.41) is 2.88. The number of ether oxygens (including phenoxy) is 2. The molecule has 7 heteroatoms. The van der Waals surface area contributed by atoms with Gasteiger partial charge in [0.1, 0.15) is 17.1 Å². The van der Waals surface area contributed by atoms with Crippen molar-refractivity contribution in [3.05, 3.63) is 60.6 Å². The molecule has 2 bridgehead atoms. The molecule has 7 nitrogen and oxygen atoms in total. The number of carbonyl (C=O) groups excluding carboxylic acids is 2. The van der Waals surface area contributed by atoms with Crippen molar-refractivity contribution in [1.29, 1.82) is 0 Å². The third-order valence-corrected chi connectivity index (χ3v) is 5.79. The Hall–Kier alpha value is -3.06. The Bertz CT molecular complexity index is 953. The van der Waals surface area contributed by atoms with E-state index in [1.165, 1.54) is 0 Å². The fraction of sp³-hybridized carbons (Fsp3) is 0.333. The highest BCUT2D eigenvalue weighted by atomic mass is 16.5. The molecule has 1 N–H and O–H groups in total. The van der Waals surface area contributed by atoms with Gasteiger partial charge in [-0.2, -0.15) is 0 Å². The third kappa shape index (κ3) is 2.46. The summed E-state index contributed by atoms with van der Waals surface area (Å²) in [6.45, 7) is 0.672. The van der Waals surface area contributed by atoms with Gasteiger partial charge in [-0.15, -0.1) is 0 Å². The molecular weight excluding hydrogens is 360 g/mol. The van der Waals surface area contributed by atoms with Gasteiger partial charge in [0.2, 0.25) is 11.8 Å². The highest BCUT2D eigenvalue weighted by Gasteiger charge is 2.67.